The number of pyridine rings is 1. The van der Waals surface area contributed by atoms with Crippen molar-refractivity contribution < 1.29 is 13.5 Å². The van der Waals surface area contributed by atoms with Gasteiger partial charge in [0.15, 0.2) is 0 Å². The van der Waals surface area contributed by atoms with Crippen molar-refractivity contribution in [2.24, 2.45) is 0 Å². The number of hydrogen-bond donors (Lipinski definition) is 2. The van der Waals surface area contributed by atoms with Crippen molar-refractivity contribution in [3.63, 3.8) is 0 Å². The van der Waals surface area contributed by atoms with Crippen molar-refractivity contribution in [3.05, 3.63) is 48.3 Å². The summed E-state index contributed by atoms with van der Waals surface area (Å²) in [6.45, 7) is 1.12. The van der Waals surface area contributed by atoms with Gasteiger partial charge in [-0.3, -0.25) is 0 Å². The molecule has 0 radical (unpaired) electrons. The van der Waals surface area contributed by atoms with Crippen molar-refractivity contribution in [1.29, 1.82) is 0 Å². The van der Waals surface area contributed by atoms with E-state index in [1.54, 1.807) is 22.6 Å². The zero-order chi connectivity index (χ0) is 17.4. The van der Waals surface area contributed by atoms with E-state index in [0.29, 0.717) is 29.3 Å². The summed E-state index contributed by atoms with van der Waals surface area (Å²) in [5.74, 6) is 0. The van der Waals surface area contributed by atoms with Gasteiger partial charge >= 0.3 is 0 Å². The molecule has 3 heterocycles. The Morgan fingerprint density at radius 2 is 1.84 bits per heavy atom. The number of nitrogens with zero attached hydrogens (tertiary/aromatic N) is 2. The average molecular weight is 357 g/mol. The van der Waals surface area contributed by atoms with Crippen molar-refractivity contribution >= 4 is 21.1 Å². The number of nitrogens with one attached hydrogen (secondary N) is 1. The Kier molecular flexibility index (Phi) is 4.07. The molecule has 1 saturated heterocycles. The van der Waals surface area contributed by atoms with Gasteiger partial charge in [0.2, 0.25) is 10.0 Å². The Labute approximate surface area is 146 Å². The number of rotatable bonds is 4. The zero-order valence-electron chi connectivity index (χ0n) is 13.6. The van der Waals surface area contributed by atoms with Crippen molar-refractivity contribution in [2.45, 2.75) is 24.3 Å². The number of H-pyrrole nitrogens is 1. The van der Waals surface area contributed by atoms with Crippen LogP contribution in [-0.2, 0) is 16.6 Å². The molecule has 130 valence electrons. The van der Waals surface area contributed by atoms with Gasteiger partial charge in [-0.2, -0.15) is 4.31 Å². The Bertz CT molecular complexity index is 1000. The first-order valence-corrected chi connectivity index (χ1v) is 9.71. The molecule has 0 spiro atoms. The lowest BCUT2D eigenvalue weighted by atomic mass is 10.0. The minimum Gasteiger partial charge on any atom is -0.390 e. The monoisotopic (exact) mass is 357 g/mol. The second-order valence-corrected chi connectivity index (χ2v) is 8.15. The third-order valence-corrected chi connectivity index (χ3v) is 6.54. The van der Waals surface area contributed by atoms with Crippen molar-refractivity contribution in [2.75, 3.05) is 13.1 Å². The van der Waals surface area contributed by atoms with Crippen LogP contribution in [0.15, 0.2) is 47.5 Å². The van der Waals surface area contributed by atoms with Crippen LogP contribution in [0.5, 0.6) is 0 Å². The molecule has 1 aliphatic heterocycles. The summed E-state index contributed by atoms with van der Waals surface area (Å²) in [5, 5.41) is 10.2. The van der Waals surface area contributed by atoms with E-state index < -0.39 is 10.0 Å². The lowest BCUT2D eigenvalue weighted by Crippen LogP contribution is -2.27. The summed E-state index contributed by atoms with van der Waals surface area (Å²) >= 11 is 0. The molecule has 0 aliphatic carbocycles. The molecule has 1 aliphatic rings. The summed E-state index contributed by atoms with van der Waals surface area (Å²) in [7, 11) is -3.40. The highest BCUT2D eigenvalue weighted by Gasteiger charge is 2.27. The molecule has 3 aromatic rings. The first-order chi connectivity index (χ1) is 12.1. The maximum Gasteiger partial charge on any atom is 0.243 e. The van der Waals surface area contributed by atoms with Crippen LogP contribution in [0.4, 0.5) is 0 Å². The van der Waals surface area contributed by atoms with Gasteiger partial charge < -0.3 is 10.1 Å². The van der Waals surface area contributed by atoms with E-state index in [1.165, 1.54) is 0 Å². The molecule has 0 unspecified atom stereocenters. The van der Waals surface area contributed by atoms with Crippen LogP contribution in [0.2, 0.25) is 0 Å². The third kappa shape index (κ3) is 2.84. The van der Waals surface area contributed by atoms with Gasteiger partial charge in [0.1, 0.15) is 5.65 Å². The number of aliphatic hydroxyl groups excluding tert-OH is 1. The molecule has 0 atom stereocenters. The summed E-state index contributed by atoms with van der Waals surface area (Å²) in [5.41, 5.74) is 3.26. The highest BCUT2D eigenvalue weighted by atomic mass is 32.2. The second-order valence-electron chi connectivity index (χ2n) is 6.21. The molecule has 2 aromatic heterocycles. The van der Waals surface area contributed by atoms with Crippen LogP contribution in [0, 0.1) is 0 Å². The van der Waals surface area contributed by atoms with Crippen LogP contribution in [0.25, 0.3) is 22.2 Å². The van der Waals surface area contributed by atoms with Gasteiger partial charge in [0, 0.05) is 30.4 Å². The van der Waals surface area contributed by atoms with Gasteiger partial charge in [-0.05, 0) is 48.2 Å². The molecule has 6 nitrogen and oxygen atoms in total. The van der Waals surface area contributed by atoms with Crippen molar-refractivity contribution in [3.8, 4) is 11.1 Å². The first-order valence-electron chi connectivity index (χ1n) is 8.27. The van der Waals surface area contributed by atoms with E-state index in [4.69, 9.17) is 0 Å². The number of aromatic amines is 1. The van der Waals surface area contributed by atoms with Crippen LogP contribution in [0.3, 0.4) is 0 Å². The summed E-state index contributed by atoms with van der Waals surface area (Å²) in [6, 6.07) is 10.7. The van der Waals surface area contributed by atoms with Crippen molar-refractivity contribution in [1.82, 2.24) is 14.3 Å². The Morgan fingerprint density at radius 1 is 1.12 bits per heavy atom. The molecular formula is C18H19N3O3S. The normalized spacial score (nSPS) is 15.9. The van der Waals surface area contributed by atoms with E-state index in [-0.39, 0.29) is 6.61 Å². The van der Waals surface area contributed by atoms with Gasteiger partial charge in [-0.15, -0.1) is 0 Å². The Balaban J connectivity index is 1.72. The number of aliphatic hydroxyl groups is 1. The standard InChI is InChI=1S/C18H19N3O3S/c22-12-14-11-17-16(7-8-19-18(17)20-14)13-3-5-15(6-4-13)25(23,24)21-9-1-2-10-21/h3-8,11,22H,1-2,9-10,12H2,(H,19,20). The van der Waals surface area contributed by atoms with Crippen LogP contribution < -0.4 is 0 Å². The number of fused-ring (bicyclic) bond motifs is 1. The number of hydrogen-bond acceptors (Lipinski definition) is 4. The molecule has 7 heteroatoms. The minimum absolute atomic E-state index is 0.0805. The lowest BCUT2D eigenvalue weighted by molar-refractivity contribution is 0.278. The molecule has 0 bridgehead atoms. The molecule has 0 saturated carbocycles. The van der Waals surface area contributed by atoms with Gasteiger partial charge in [-0.25, -0.2) is 13.4 Å². The van der Waals surface area contributed by atoms with Gasteiger partial charge in [-0.1, -0.05) is 12.1 Å². The van der Waals surface area contributed by atoms with E-state index in [1.807, 2.05) is 24.3 Å². The third-order valence-electron chi connectivity index (χ3n) is 4.63. The fraction of sp³-hybridized carbons (Fsp3) is 0.278. The topological polar surface area (TPSA) is 86.3 Å². The van der Waals surface area contributed by atoms with E-state index in [2.05, 4.69) is 9.97 Å². The highest BCUT2D eigenvalue weighted by molar-refractivity contribution is 7.89. The Morgan fingerprint density at radius 3 is 2.52 bits per heavy atom. The SMILES string of the molecule is O=S(=O)(c1ccc(-c2ccnc3[nH]c(CO)cc23)cc1)N1CCCC1. The predicted octanol–water partition coefficient (Wildman–Crippen LogP) is 2.51. The molecule has 4 rings (SSSR count). The summed E-state index contributed by atoms with van der Waals surface area (Å²) in [4.78, 5) is 7.67. The maximum atomic E-state index is 12.6. The largest absolute Gasteiger partial charge is 0.390 e. The molecular weight excluding hydrogens is 338 g/mol. The van der Waals surface area contributed by atoms with Crippen LogP contribution >= 0.6 is 0 Å². The smallest absolute Gasteiger partial charge is 0.243 e. The average Bonchev–Trinajstić information content (AvgIpc) is 3.31. The fourth-order valence-corrected chi connectivity index (χ4v) is 4.82. The van der Waals surface area contributed by atoms with Crippen LogP contribution in [-0.4, -0.2) is 40.9 Å². The fourth-order valence-electron chi connectivity index (χ4n) is 3.30. The molecule has 1 aromatic carbocycles. The quantitative estimate of drug-likeness (QED) is 0.751. The van der Waals surface area contributed by atoms with Gasteiger partial charge in [0.25, 0.3) is 0 Å². The highest BCUT2D eigenvalue weighted by Crippen LogP contribution is 2.30. The van der Waals surface area contributed by atoms with Crippen LogP contribution in [0.1, 0.15) is 18.5 Å². The lowest BCUT2D eigenvalue weighted by Gasteiger charge is -2.15. The molecule has 1 fully saturated rings. The molecule has 2 N–H and O–H groups in total. The Hall–Kier alpha value is -2.22. The van der Waals surface area contributed by atoms with E-state index >= 15 is 0 Å². The summed E-state index contributed by atoms with van der Waals surface area (Å²) < 4.78 is 26.8. The number of sulfonamides is 1. The minimum atomic E-state index is -3.40. The number of benzene rings is 1. The first kappa shape index (κ1) is 16.3. The number of aromatic nitrogens is 2. The van der Waals surface area contributed by atoms with E-state index in [9.17, 15) is 13.5 Å². The molecule has 25 heavy (non-hydrogen) atoms. The predicted molar refractivity (Wildman–Crippen MR) is 95.4 cm³/mol. The molecule has 0 amide bonds. The maximum absolute atomic E-state index is 12.6. The van der Waals surface area contributed by atoms with E-state index in [0.717, 1.165) is 29.4 Å². The van der Waals surface area contributed by atoms with Gasteiger partial charge in [0.05, 0.1) is 11.5 Å². The zero-order valence-corrected chi connectivity index (χ0v) is 14.5. The summed E-state index contributed by atoms with van der Waals surface area (Å²) in [6.07, 6.45) is 3.55. The second kappa shape index (κ2) is 6.25.